The maximum atomic E-state index is 13.8. The molecule has 0 saturated heterocycles. The topological polar surface area (TPSA) is 137 Å². The van der Waals surface area contributed by atoms with E-state index in [1.54, 1.807) is 30.3 Å². The van der Waals surface area contributed by atoms with Crippen molar-refractivity contribution in [3.63, 3.8) is 0 Å². The van der Waals surface area contributed by atoms with Crippen molar-refractivity contribution in [3.8, 4) is 0 Å². The van der Waals surface area contributed by atoms with Gasteiger partial charge in [0.25, 0.3) is 0 Å². The zero-order valence-electron chi connectivity index (χ0n) is 20.7. The quantitative estimate of drug-likeness (QED) is 0.373. The Bertz CT molecular complexity index is 1330. The molecule has 3 atom stereocenters. The number of likely N-dealkylation sites (N-methyl/N-ethyl adjacent to an activating group) is 1. The lowest BCUT2D eigenvalue weighted by Crippen LogP contribution is -2.49. The largest absolute Gasteiger partial charge is 0.463 e. The molecule has 0 radical (unpaired) electrons. The molecular weight excluding hydrogens is 543 g/mol. The molecule has 3 N–H and O–H groups in total. The molecule has 1 aliphatic rings. The van der Waals surface area contributed by atoms with Crippen molar-refractivity contribution < 1.29 is 22.9 Å². The number of esters is 1. The average Bonchev–Trinajstić information content (AvgIpc) is 3.35. The molecule has 1 aromatic carbocycles. The van der Waals surface area contributed by atoms with Gasteiger partial charge in [-0.15, -0.1) is 11.3 Å². The van der Waals surface area contributed by atoms with Gasteiger partial charge in [-0.1, -0.05) is 24.6 Å². The Morgan fingerprint density at radius 1 is 1.41 bits per heavy atom. The van der Waals surface area contributed by atoms with Crippen LogP contribution in [0.5, 0.6) is 0 Å². The minimum Gasteiger partial charge on any atom is -0.463 e. The minimum atomic E-state index is -3.27. The summed E-state index contributed by atoms with van der Waals surface area (Å²) in [7, 11) is -3.27. The van der Waals surface area contributed by atoms with Crippen LogP contribution in [0, 0.1) is 10.6 Å². The van der Waals surface area contributed by atoms with E-state index < -0.39 is 39.7 Å². The fourth-order valence-electron chi connectivity index (χ4n) is 3.74. The molecule has 1 amide bonds. The van der Waals surface area contributed by atoms with Crippen LogP contribution in [0.25, 0.3) is 0 Å². The van der Waals surface area contributed by atoms with Crippen LogP contribution < -0.4 is 10.0 Å². The van der Waals surface area contributed by atoms with Gasteiger partial charge in [-0.05, 0) is 32.5 Å². The molecule has 0 bridgehead atoms. The number of thiazole rings is 1. The third kappa shape index (κ3) is 7.12. The number of rotatable bonds is 10. The second-order valence-electron chi connectivity index (χ2n) is 8.17. The van der Waals surface area contributed by atoms with Crippen molar-refractivity contribution in [2.75, 3.05) is 26.0 Å². The number of carbonyl (C=O) groups is 2. The van der Waals surface area contributed by atoms with Crippen LogP contribution in [0.4, 0.5) is 4.39 Å². The number of carbonyl (C=O) groups excluding carboxylic acids is 2. The SMILES string of the molecule is CCOC(=O)C1=C(CN(CC)[C@@H](C)C(=O)NS(C)(=N)=O)NC(c2nccs2)=NC1c1ccc(F)cc1Cl. The zero-order valence-corrected chi connectivity index (χ0v) is 23.1. The number of aliphatic imine (C=N–C) groups is 1. The van der Waals surface area contributed by atoms with E-state index in [1.807, 2.05) is 6.92 Å². The molecule has 0 saturated carbocycles. The number of halogens is 2. The Morgan fingerprint density at radius 3 is 2.70 bits per heavy atom. The molecular formula is C23H28ClFN6O4S2. The maximum absolute atomic E-state index is 13.8. The normalized spacial score (nSPS) is 18.0. The van der Waals surface area contributed by atoms with Gasteiger partial charge in [0, 0.05) is 40.7 Å². The molecule has 2 unspecified atom stereocenters. The third-order valence-corrected chi connectivity index (χ3v) is 7.20. The fourth-order valence-corrected chi connectivity index (χ4v) is 5.15. The lowest BCUT2D eigenvalue weighted by Gasteiger charge is -2.32. The van der Waals surface area contributed by atoms with Crippen molar-refractivity contribution in [1.82, 2.24) is 19.9 Å². The summed E-state index contributed by atoms with van der Waals surface area (Å²) in [4.78, 5) is 36.7. The standard InChI is InChI=1S/C23H28ClFN6O4S2/c1-5-31(13(3)21(32)30-37(4,26)34)12-17-18(23(33)35-6-2)19(15-8-7-14(25)11-16(15)24)29-20(28-17)22-27-9-10-36-22/h7-11,13,19H,5-6,12H2,1-4H3,(H,28,29)(H2,26,30,32,34)/t13-,19?,37?/m0/s1. The molecule has 10 nitrogen and oxygen atoms in total. The molecule has 1 aromatic heterocycles. The Labute approximate surface area is 224 Å². The van der Waals surface area contributed by atoms with Crippen molar-refractivity contribution in [2.24, 2.45) is 4.99 Å². The van der Waals surface area contributed by atoms with Gasteiger partial charge < -0.3 is 10.1 Å². The number of amides is 1. The van der Waals surface area contributed by atoms with Gasteiger partial charge >= 0.3 is 5.97 Å². The van der Waals surface area contributed by atoms with E-state index in [-0.39, 0.29) is 23.7 Å². The van der Waals surface area contributed by atoms with Gasteiger partial charge in [-0.25, -0.2) is 23.2 Å². The van der Waals surface area contributed by atoms with Gasteiger partial charge in [-0.3, -0.25) is 19.4 Å². The zero-order chi connectivity index (χ0) is 27.3. The van der Waals surface area contributed by atoms with Crippen LogP contribution in [0.2, 0.25) is 5.02 Å². The van der Waals surface area contributed by atoms with E-state index >= 15 is 0 Å². The Kier molecular flexibility index (Phi) is 9.40. The Morgan fingerprint density at radius 2 is 2.14 bits per heavy atom. The van der Waals surface area contributed by atoms with Crippen molar-refractivity contribution >= 4 is 50.6 Å². The van der Waals surface area contributed by atoms with E-state index in [2.05, 4.69) is 15.0 Å². The predicted molar refractivity (Wildman–Crippen MR) is 141 cm³/mol. The van der Waals surface area contributed by atoms with Crippen LogP contribution >= 0.6 is 22.9 Å². The molecule has 14 heteroatoms. The van der Waals surface area contributed by atoms with Crippen LogP contribution in [-0.4, -0.2) is 63.8 Å². The van der Waals surface area contributed by atoms with Gasteiger partial charge in [0.15, 0.2) is 10.8 Å². The third-order valence-electron chi connectivity index (χ3n) is 5.50. The highest BCUT2D eigenvalue weighted by Gasteiger charge is 2.35. The molecule has 3 rings (SSSR count). The van der Waals surface area contributed by atoms with Crippen molar-refractivity contribution in [2.45, 2.75) is 32.9 Å². The molecule has 200 valence electrons. The second-order valence-corrected chi connectivity index (χ2v) is 11.4. The van der Waals surface area contributed by atoms with Gasteiger partial charge in [0.2, 0.25) is 5.91 Å². The monoisotopic (exact) mass is 570 g/mol. The summed E-state index contributed by atoms with van der Waals surface area (Å²) < 4.78 is 40.8. The lowest BCUT2D eigenvalue weighted by atomic mass is 9.95. The summed E-state index contributed by atoms with van der Waals surface area (Å²) in [5.74, 6) is -1.40. The van der Waals surface area contributed by atoms with Crippen LogP contribution in [0.1, 0.15) is 37.4 Å². The van der Waals surface area contributed by atoms with E-state index in [9.17, 15) is 18.2 Å². The number of nitrogens with one attached hydrogen (secondary N) is 3. The van der Waals surface area contributed by atoms with E-state index in [4.69, 9.17) is 26.1 Å². The van der Waals surface area contributed by atoms with E-state index in [0.29, 0.717) is 28.6 Å². The van der Waals surface area contributed by atoms with Crippen LogP contribution in [0.15, 0.2) is 46.0 Å². The molecule has 2 heterocycles. The molecule has 37 heavy (non-hydrogen) atoms. The first-order chi connectivity index (χ1) is 17.4. The second kappa shape index (κ2) is 12.1. The molecule has 0 fully saturated rings. The van der Waals surface area contributed by atoms with E-state index in [0.717, 1.165) is 12.3 Å². The maximum Gasteiger partial charge on any atom is 0.338 e. The summed E-state index contributed by atoms with van der Waals surface area (Å²) in [6.45, 7) is 5.67. The average molecular weight is 571 g/mol. The smallest absolute Gasteiger partial charge is 0.338 e. The summed E-state index contributed by atoms with van der Waals surface area (Å²) >= 11 is 7.72. The Hall–Kier alpha value is -2.87. The molecule has 0 aliphatic carbocycles. The van der Waals surface area contributed by atoms with Crippen LogP contribution in [-0.2, 0) is 24.2 Å². The van der Waals surface area contributed by atoms with Gasteiger partial charge in [0.05, 0.1) is 18.2 Å². The van der Waals surface area contributed by atoms with Gasteiger partial charge in [-0.2, -0.15) is 0 Å². The predicted octanol–water partition coefficient (Wildman–Crippen LogP) is 3.26. The number of hydrogen-bond acceptors (Lipinski definition) is 10. The number of nitrogens with zero attached hydrogens (tertiary/aromatic N) is 3. The summed E-state index contributed by atoms with van der Waals surface area (Å²) in [5, 5.41) is 5.59. The summed E-state index contributed by atoms with van der Waals surface area (Å²) in [6, 6.07) is 2.12. The highest BCUT2D eigenvalue weighted by Crippen LogP contribution is 2.37. The first-order valence-electron chi connectivity index (χ1n) is 11.3. The van der Waals surface area contributed by atoms with E-state index in [1.165, 1.54) is 23.5 Å². The lowest BCUT2D eigenvalue weighted by molar-refractivity contribution is -0.139. The van der Waals surface area contributed by atoms with Crippen molar-refractivity contribution in [1.29, 1.82) is 4.78 Å². The Balaban J connectivity index is 2.13. The van der Waals surface area contributed by atoms with Crippen LogP contribution in [0.3, 0.4) is 0 Å². The summed E-state index contributed by atoms with van der Waals surface area (Å²) in [5.41, 5.74) is 0.947. The number of amidine groups is 1. The number of ether oxygens (including phenoxy) is 1. The minimum absolute atomic E-state index is 0.0713. The molecule has 0 spiro atoms. The first-order valence-corrected chi connectivity index (χ1v) is 14.6. The number of hydrogen-bond donors (Lipinski definition) is 3. The van der Waals surface area contributed by atoms with Gasteiger partial charge in [0.1, 0.15) is 21.8 Å². The fraction of sp³-hybridized carbons (Fsp3) is 0.391. The first kappa shape index (κ1) is 28.7. The highest BCUT2D eigenvalue weighted by atomic mass is 35.5. The highest BCUT2D eigenvalue weighted by molar-refractivity contribution is 7.90. The molecule has 1 aliphatic heterocycles. The van der Waals surface area contributed by atoms with Crippen molar-refractivity contribution in [3.05, 3.63) is 62.5 Å². The number of benzene rings is 1. The molecule has 2 aromatic rings. The number of aromatic nitrogens is 1. The summed E-state index contributed by atoms with van der Waals surface area (Å²) in [6.07, 6.45) is 2.73.